The summed E-state index contributed by atoms with van der Waals surface area (Å²) in [5.41, 5.74) is 1.59. The number of benzene rings is 1. The van der Waals surface area contributed by atoms with E-state index in [1.807, 2.05) is 30.3 Å². The normalized spacial score (nSPS) is 11.2. The van der Waals surface area contributed by atoms with Gasteiger partial charge in [-0.25, -0.2) is 19.3 Å². The van der Waals surface area contributed by atoms with Gasteiger partial charge in [0.1, 0.15) is 6.33 Å². The summed E-state index contributed by atoms with van der Waals surface area (Å²) >= 11 is 5.38. The van der Waals surface area contributed by atoms with E-state index < -0.39 is 0 Å². The number of furan rings is 1. The van der Waals surface area contributed by atoms with Crippen LogP contribution in [-0.4, -0.2) is 34.5 Å². The van der Waals surface area contributed by atoms with E-state index in [1.165, 1.54) is 6.33 Å². The third-order valence-corrected chi connectivity index (χ3v) is 4.20. The molecule has 0 aliphatic rings. The zero-order valence-corrected chi connectivity index (χ0v) is 14.1. The monoisotopic (exact) mass is 361 g/mol. The Kier molecular flexibility index (Phi) is 3.25. The molecule has 1 aromatic carbocycles. The lowest BCUT2D eigenvalue weighted by Crippen LogP contribution is -2.03. The second-order valence-corrected chi connectivity index (χ2v) is 5.86. The van der Waals surface area contributed by atoms with Crippen LogP contribution in [0, 0.1) is 4.77 Å². The van der Waals surface area contributed by atoms with Crippen LogP contribution in [0.1, 0.15) is 0 Å². The maximum Gasteiger partial charge on any atom is 0.222 e. The smallest absolute Gasteiger partial charge is 0.222 e. The molecule has 8 nitrogen and oxygen atoms in total. The highest BCUT2D eigenvalue weighted by atomic mass is 32.1. The molecule has 126 valence electrons. The van der Waals surface area contributed by atoms with E-state index in [0.717, 1.165) is 11.1 Å². The molecule has 0 saturated heterocycles. The fraction of sp³-hybridized carbons (Fsp3) is 0. The quantitative estimate of drug-likeness (QED) is 0.496. The third kappa shape index (κ3) is 2.25. The number of H-pyrrole nitrogens is 1. The summed E-state index contributed by atoms with van der Waals surface area (Å²) < 4.78 is 9.08. The highest BCUT2D eigenvalue weighted by Gasteiger charge is 2.15. The molecule has 5 rings (SSSR count). The molecule has 0 aliphatic heterocycles. The molecular weight excluding hydrogens is 350 g/mol. The summed E-state index contributed by atoms with van der Waals surface area (Å²) in [7, 11) is 0. The number of hydrogen-bond donors (Lipinski definition) is 1. The Bertz CT molecular complexity index is 1250. The fourth-order valence-electron chi connectivity index (χ4n) is 2.76. The van der Waals surface area contributed by atoms with Gasteiger partial charge in [-0.1, -0.05) is 18.2 Å². The zero-order chi connectivity index (χ0) is 17.5. The Morgan fingerprint density at radius 3 is 2.73 bits per heavy atom. The number of para-hydroxylation sites is 1. The summed E-state index contributed by atoms with van der Waals surface area (Å²) in [4.78, 5) is 13.1. The average Bonchev–Trinajstić information content (AvgIpc) is 3.41. The van der Waals surface area contributed by atoms with Crippen molar-refractivity contribution in [2.45, 2.75) is 0 Å². The highest BCUT2D eigenvalue weighted by molar-refractivity contribution is 7.71. The van der Waals surface area contributed by atoms with Crippen molar-refractivity contribution in [3.8, 4) is 23.1 Å². The third-order valence-electron chi connectivity index (χ3n) is 3.93. The van der Waals surface area contributed by atoms with E-state index in [1.54, 1.807) is 34.0 Å². The molecule has 0 radical (unpaired) electrons. The minimum absolute atomic E-state index is 0.337. The lowest BCUT2D eigenvalue weighted by atomic mass is 10.3. The van der Waals surface area contributed by atoms with Crippen LogP contribution in [-0.2, 0) is 0 Å². The molecule has 0 amide bonds. The molecular formula is C17H11N7OS. The Morgan fingerprint density at radius 1 is 1.04 bits per heavy atom. The van der Waals surface area contributed by atoms with Gasteiger partial charge in [0.15, 0.2) is 23.0 Å². The van der Waals surface area contributed by atoms with Gasteiger partial charge < -0.3 is 4.42 Å². The number of nitrogens with zero attached hydrogens (tertiary/aromatic N) is 6. The van der Waals surface area contributed by atoms with Gasteiger partial charge in [-0.2, -0.15) is 10.1 Å². The number of rotatable bonds is 3. The van der Waals surface area contributed by atoms with Crippen LogP contribution in [0.3, 0.4) is 0 Å². The summed E-state index contributed by atoms with van der Waals surface area (Å²) in [5, 5.41) is 8.33. The van der Waals surface area contributed by atoms with Crippen molar-refractivity contribution in [3.63, 3.8) is 0 Å². The van der Waals surface area contributed by atoms with Gasteiger partial charge in [-0.05, 0) is 36.5 Å². The Balaban J connectivity index is 1.70. The maximum atomic E-state index is 5.38. The van der Waals surface area contributed by atoms with E-state index in [4.69, 9.17) is 16.6 Å². The number of fused-ring (bicyclic) bond motifs is 1. The largest absolute Gasteiger partial charge is 0.461 e. The number of hydrogen-bond acceptors (Lipinski definition) is 6. The highest BCUT2D eigenvalue weighted by Crippen LogP contribution is 2.22. The minimum atomic E-state index is 0.337. The molecule has 9 heteroatoms. The van der Waals surface area contributed by atoms with Crippen LogP contribution < -0.4 is 0 Å². The van der Waals surface area contributed by atoms with Gasteiger partial charge in [-0.3, -0.25) is 5.10 Å². The molecule has 4 heterocycles. The molecule has 0 fully saturated rings. The molecule has 26 heavy (non-hydrogen) atoms. The lowest BCUT2D eigenvalue weighted by molar-refractivity contribution is 0.577. The molecule has 1 N–H and O–H groups in total. The first-order valence-electron chi connectivity index (χ1n) is 7.79. The van der Waals surface area contributed by atoms with Crippen molar-refractivity contribution >= 4 is 23.3 Å². The van der Waals surface area contributed by atoms with E-state index >= 15 is 0 Å². The van der Waals surface area contributed by atoms with E-state index in [0.29, 0.717) is 27.8 Å². The first-order chi connectivity index (χ1) is 12.8. The van der Waals surface area contributed by atoms with Crippen molar-refractivity contribution in [2.75, 3.05) is 0 Å². The molecule has 0 spiro atoms. The number of aromatic amines is 1. The van der Waals surface area contributed by atoms with Crippen LogP contribution in [0.15, 0.2) is 65.7 Å². The van der Waals surface area contributed by atoms with Crippen molar-refractivity contribution in [3.05, 3.63) is 66.0 Å². The predicted molar refractivity (Wildman–Crippen MR) is 96.7 cm³/mol. The summed E-state index contributed by atoms with van der Waals surface area (Å²) in [6.07, 6.45) is 4.78. The van der Waals surface area contributed by atoms with Crippen molar-refractivity contribution in [1.29, 1.82) is 0 Å². The predicted octanol–water partition coefficient (Wildman–Crippen LogP) is 3.32. The zero-order valence-electron chi connectivity index (χ0n) is 13.3. The van der Waals surface area contributed by atoms with Gasteiger partial charge in [0.05, 0.1) is 23.5 Å². The summed E-state index contributed by atoms with van der Waals surface area (Å²) in [6.45, 7) is 0. The maximum absolute atomic E-state index is 5.38. The van der Waals surface area contributed by atoms with E-state index in [-0.39, 0.29) is 0 Å². The van der Waals surface area contributed by atoms with Gasteiger partial charge in [0.2, 0.25) is 4.77 Å². The van der Waals surface area contributed by atoms with Crippen molar-refractivity contribution < 1.29 is 4.42 Å². The molecule has 0 atom stereocenters. The lowest BCUT2D eigenvalue weighted by Gasteiger charge is -2.04. The van der Waals surface area contributed by atoms with Gasteiger partial charge >= 0.3 is 0 Å². The Labute approximate surface area is 151 Å². The van der Waals surface area contributed by atoms with Gasteiger partial charge in [0, 0.05) is 0 Å². The molecule has 0 bridgehead atoms. The van der Waals surface area contributed by atoms with Crippen LogP contribution in [0.4, 0.5) is 0 Å². The van der Waals surface area contributed by atoms with E-state index in [2.05, 4.69) is 25.1 Å². The topological polar surface area (TPSA) is 90.3 Å². The molecule has 5 aromatic rings. The molecule has 0 saturated carbocycles. The number of nitrogens with one attached hydrogen (secondary N) is 1. The number of aromatic nitrogens is 7. The first kappa shape index (κ1) is 14.7. The summed E-state index contributed by atoms with van der Waals surface area (Å²) in [6, 6.07) is 13.4. The minimum Gasteiger partial charge on any atom is -0.461 e. The first-order valence-corrected chi connectivity index (χ1v) is 8.19. The van der Waals surface area contributed by atoms with Crippen LogP contribution >= 0.6 is 12.2 Å². The van der Waals surface area contributed by atoms with Crippen LogP contribution in [0.5, 0.6) is 0 Å². The van der Waals surface area contributed by atoms with Crippen LogP contribution in [0.2, 0.25) is 0 Å². The van der Waals surface area contributed by atoms with E-state index in [9.17, 15) is 0 Å². The standard InChI is InChI=1S/C17H11N7OS/c26-17-21-14(13-7-4-8-25-13)22-24(17)16-12-9-20-23(15(12)18-10-19-16)11-5-2-1-3-6-11/h1-10H,(H,21,22,26). The van der Waals surface area contributed by atoms with Crippen LogP contribution in [0.25, 0.3) is 34.1 Å². The second-order valence-electron chi connectivity index (χ2n) is 5.49. The average molecular weight is 361 g/mol. The fourth-order valence-corrected chi connectivity index (χ4v) is 2.98. The Hall–Kier alpha value is -3.59. The molecule has 4 aromatic heterocycles. The molecule has 0 aliphatic carbocycles. The summed E-state index contributed by atoms with van der Waals surface area (Å²) in [5.74, 6) is 1.70. The van der Waals surface area contributed by atoms with Crippen molar-refractivity contribution in [2.24, 2.45) is 0 Å². The molecule has 0 unspecified atom stereocenters. The Morgan fingerprint density at radius 2 is 1.92 bits per heavy atom. The van der Waals surface area contributed by atoms with Crippen molar-refractivity contribution in [1.82, 2.24) is 34.5 Å². The van der Waals surface area contributed by atoms with Gasteiger partial charge in [0.25, 0.3) is 0 Å². The SMILES string of the molecule is S=c1nc(-c2ccco2)[nH]n1-c1ncnc2c1cnn2-c1ccccc1. The van der Waals surface area contributed by atoms with Gasteiger partial charge in [-0.15, -0.1) is 0 Å². The second kappa shape index (κ2) is 5.74.